The Morgan fingerprint density at radius 3 is 2.13 bits per heavy atom. The first-order valence-corrected chi connectivity index (χ1v) is 5.15. The normalized spacial score (nSPS) is 11.9. The summed E-state index contributed by atoms with van der Waals surface area (Å²) in [4.78, 5) is 10.5. The van der Waals surface area contributed by atoms with Crippen LogP contribution in [0.2, 0.25) is 0 Å². The number of hydrogen-bond acceptors (Lipinski definition) is 4. The van der Waals surface area contributed by atoms with E-state index < -0.39 is 0 Å². The number of carbonyl (C=O) groups is 1. The first kappa shape index (κ1) is 14.1. The fourth-order valence-corrected chi connectivity index (χ4v) is 1.00. The zero-order valence-corrected chi connectivity index (χ0v) is 9.91. The van der Waals surface area contributed by atoms with E-state index >= 15 is 0 Å². The summed E-state index contributed by atoms with van der Waals surface area (Å²) in [6.45, 7) is 8.52. The molecule has 0 saturated carbocycles. The van der Waals surface area contributed by atoms with Crippen molar-refractivity contribution in [1.29, 1.82) is 0 Å². The number of esters is 1. The maximum Gasteiger partial charge on any atom is 0.302 e. The fourth-order valence-electron chi connectivity index (χ4n) is 1.00. The second kappa shape index (κ2) is 8.44. The molecule has 0 aliphatic carbocycles. The minimum atomic E-state index is -0.337. The highest BCUT2D eigenvalue weighted by Gasteiger charge is 2.09. The van der Waals surface area contributed by atoms with Crippen molar-refractivity contribution in [2.75, 3.05) is 19.8 Å². The van der Waals surface area contributed by atoms with Gasteiger partial charge in [-0.15, -0.1) is 0 Å². The Morgan fingerprint density at radius 2 is 1.73 bits per heavy atom. The molecule has 15 heavy (non-hydrogen) atoms. The van der Waals surface area contributed by atoms with Gasteiger partial charge in [-0.3, -0.25) is 4.79 Å². The zero-order chi connectivity index (χ0) is 11.7. The molecule has 0 heterocycles. The van der Waals surface area contributed by atoms with Gasteiger partial charge >= 0.3 is 5.97 Å². The molecular weight excluding hydrogens is 196 g/mol. The summed E-state index contributed by atoms with van der Waals surface area (Å²) in [6.07, 6.45) is 1.45. The van der Waals surface area contributed by atoms with Gasteiger partial charge in [-0.25, -0.2) is 0 Å². The second-order valence-electron chi connectivity index (χ2n) is 2.99. The minimum absolute atomic E-state index is 0.262. The third-order valence-electron chi connectivity index (χ3n) is 1.70. The minimum Gasteiger partial charge on any atom is -0.462 e. The molecule has 0 rings (SSSR count). The monoisotopic (exact) mass is 216 g/mol. The van der Waals surface area contributed by atoms with Crippen LogP contribution in [0.3, 0.4) is 0 Å². The molecule has 0 spiro atoms. The largest absolute Gasteiger partial charge is 0.462 e. The number of rotatable bonds is 7. The molecule has 0 saturated heterocycles. The smallest absolute Gasteiger partial charge is 0.302 e. The lowest BCUT2D eigenvalue weighted by Gasteiger charge is -2.17. The molecule has 0 aromatic rings. The molecule has 0 radical (unpaired) electrons. The van der Waals surface area contributed by atoms with Gasteiger partial charge in [0.2, 0.25) is 0 Å². The van der Waals surface area contributed by atoms with Crippen molar-refractivity contribution in [1.82, 2.24) is 0 Å². The summed E-state index contributed by atoms with van der Waals surface area (Å²) in [5.41, 5.74) is 0.917. The van der Waals surface area contributed by atoms with E-state index in [-0.39, 0.29) is 18.9 Å². The van der Waals surface area contributed by atoms with E-state index in [1.807, 2.05) is 20.8 Å². The number of ether oxygens (including phenoxy) is 3. The third kappa shape index (κ3) is 7.11. The Kier molecular flexibility index (Phi) is 7.95. The van der Waals surface area contributed by atoms with E-state index in [2.05, 4.69) is 0 Å². The predicted octanol–water partition coefficient (Wildman–Crippen LogP) is 1.89. The zero-order valence-electron chi connectivity index (χ0n) is 9.91. The summed E-state index contributed by atoms with van der Waals surface area (Å²) in [5.74, 6) is -0.289. The van der Waals surface area contributed by atoms with E-state index in [1.54, 1.807) is 6.08 Å². The maximum atomic E-state index is 10.5. The highest BCUT2D eigenvalue weighted by Crippen LogP contribution is 2.07. The van der Waals surface area contributed by atoms with Crippen molar-refractivity contribution in [3.63, 3.8) is 0 Å². The van der Waals surface area contributed by atoms with E-state index in [9.17, 15) is 4.79 Å². The molecule has 0 fully saturated rings. The molecule has 88 valence electrons. The molecule has 4 heteroatoms. The Morgan fingerprint density at radius 1 is 1.20 bits per heavy atom. The molecule has 0 unspecified atom stereocenters. The predicted molar refractivity (Wildman–Crippen MR) is 57.4 cm³/mol. The maximum absolute atomic E-state index is 10.5. The van der Waals surface area contributed by atoms with Gasteiger partial charge in [0.1, 0.15) is 6.61 Å². The Bertz CT molecular complexity index is 205. The van der Waals surface area contributed by atoms with Gasteiger partial charge in [0.25, 0.3) is 0 Å². The lowest BCUT2D eigenvalue weighted by Crippen LogP contribution is -2.19. The number of hydrogen-bond donors (Lipinski definition) is 0. The van der Waals surface area contributed by atoms with E-state index in [0.717, 1.165) is 5.57 Å². The average molecular weight is 216 g/mol. The molecule has 0 N–H and O–H groups in total. The lowest BCUT2D eigenvalue weighted by molar-refractivity contribution is -0.139. The van der Waals surface area contributed by atoms with Gasteiger partial charge in [-0.05, 0) is 32.4 Å². The van der Waals surface area contributed by atoms with Gasteiger partial charge < -0.3 is 14.2 Å². The van der Waals surface area contributed by atoms with Crippen molar-refractivity contribution in [2.45, 2.75) is 34.0 Å². The van der Waals surface area contributed by atoms with Crippen LogP contribution in [0.15, 0.2) is 11.6 Å². The van der Waals surface area contributed by atoms with Crippen LogP contribution in [0.1, 0.15) is 27.7 Å². The molecule has 0 aliphatic heterocycles. The van der Waals surface area contributed by atoms with Gasteiger partial charge in [0.05, 0.1) is 0 Å². The molecule has 0 aromatic carbocycles. The van der Waals surface area contributed by atoms with Crippen molar-refractivity contribution in [2.24, 2.45) is 0 Å². The van der Waals surface area contributed by atoms with Crippen LogP contribution in [-0.4, -0.2) is 32.1 Å². The standard InChI is InChI=1S/C11H20O4/c1-5-13-11(14-6-2)9(3)7-8-15-10(4)12/h7,11H,5-6,8H2,1-4H3/b9-7+. The molecule has 0 aromatic heterocycles. The van der Waals surface area contributed by atoms with Crippen molar-refractivity contribution in [3.05, 3.63) is 11.6 Å². The van der Waals surface area contributed by atoms with Gasteiger partial charge in [0, 0.05) is 20.1 Å². The lowest BCUT2D eigenvalue weighted by atomic mass is 10.3. The Hall–Kier alpha value is -0.870. The highest BCUT2D eigenvalue weighted by atomic mass is 16.7. The van der Waals surface area contributed by atoms with E-state index in [0.29, 0.717) is 13.2 Å². The van der Waals surface area contributed by atoms with Crippen LogP contribution in [-0.2, 0) is 19.0 Å². The van der Waals surface area contributed by atoms with Crippen molar-refractivity contribution >= 4 is 5.97 Å². The van der Waals surface area contributed by atoms with Crippen molar-refractivity contribution < 1.29 is 19.0 Å². The topological polar surface area (TPSA) is 44.8 Å². The van der Waals surface area contributed by atoms with Crippen LogP contribution in [0, 0.1) is 0 Å². The quantitative estimate of drug-likeness (QED) is 0.370. The summed E-state index contributed by atoms with van der Waals surface area (Å²) in [7, 11) is 0. The molecule has 0 atom stereocenters. The summed E-state index contributed by atoms with van der Waals surface area (Å²) >= 11 is 0. The summed E-state index contributed by atoms with van der Waals surface area (Å²) in [6, 6.07) is 0. The van der Waals surface area contributed by atoms with Crippen LogP contribution < -0.4 is 0 Å². The first-order chi connectivity index (χ1) is 7.11. The van der Waals surface area contributed by atoms with Gasteiger partial charge in [-0.2, -0.15) is 0 Å². The second-order valence-corrected chi connectivity index (χ2v) is 2.99. The highest BCUT2D eigenvalue weighted by molar-refractivity contribution is 5.66. The molecule has 4 nitrogen and oxygen atoms in total. The average Bonchev–Trinajstić information content (AvgIpc) is 2.16. The molecule has 0 amide bonds. The SMILES string of the molecule is CCOC(OCC)/C(C)=C/COC(C)=O. The van der Waals surface area contributed by atoms with Gasteiger partial charge in [-0.1, -0.05) is 0 Å². The van der Waals surface area contributed by atoms with E-state index in [1.165, 1.54) is 6.92 Å². The molecule has 0 aliphatic rings. The molecule has 0 bridgehead atoms. The third-order valence-corrected chi connectivity index (χ3v) is 1.70. The van der Waals surface area contributed by atoms with Gasteiger partial charge in [0.15, 0.2) is 6.29 Å². The fraction of sp³-hybridized carbons (Fsp3) is 0.727. The van der Waals surface area contributed by atoms with Crippen LogP contribution >= 0.6 is 0 Å². The van der Waals surface area contributed by atoms with E-state index in [4.69, 9.17) is 14.2 Å². The first-order valence-electron chi connectivity index (χ1n) is 5.15. The van der Waals surface area contributed by atoms with Crippen LogP contribution in [0.4, 0.5) is 0 Å². The van der Waals surface area contributed by atoms with Crippen LogP contribution in [0.5, 0.6) is 0 Å². The van der Waals surface area contributed by atoms with Crippen molar-refractivity contribution in [3.8, 4) is 0 Å². The summed E-state index contributed by atoms with van der Waals surface area (Å²) < 4.78 is 15.5. The summed E-state index contributed by atoms with van der Waals surface area (Å²) in [5, 5.41) is 0. The molecular formula is C11H20O4. The Labute approximate surface area is 91.2 Å². The van der Waals surface area contributed by atoms with Crippen LogP contribution in [0.25, 0.3) is 0 Å². The number of carbonyl (C=O) groups excluding carboxylic acids is 1. The Balaban J connectivity index is 4.08.